The molecule has 1 aliphatic heterocycles. The van der Waals surface area contributed by atoms with E-state index in [1.165, 1.54) is 0 Å². The van der Waals surface area contributed by atoms with Crippen LogP contribution in [0.5, 0.6) is 11.5 Å². The van der Waals surface area contributed by atoms with E-state index in [0.717, 1.165) is 12.1 Å². The van der Waals surface area contributed by atoms with Gasteiger partial charge in [0.25, 0.3) is 5.69 Å². The minimum absolute atomic E-state index is 0.0962. The fraction of sp³-hybridized carbons (Fsp3) is 0.100. The standard InChI is InChI=1S/C10H6FNO6/c11-6(10(13)14)1-5-2-8-9(18-4-17-8)3-7(5)12(15)16/h1-3H,4H2,(H,13,14). The summed E-state index contributed by atoms with van der Waals surface area (Å²) >= 11 is 0. The van der Waals surface area contributed by atoms with Crippen molar-refractivity contribution in [3.8, 4) is 11.5 Å². The number of nitrogens with zero attached hydrogens (tertiary/aromatic N) is 1. The van der Waals surface area contributed by atoms with Crippen molar-refractivity contribution in [1.82, 2.24) is 0 Å². The third-order valence-electron chi connectivity index (χ3n) is 2.21. The first kappa shape index (κ1) is 11.8. The molecular weight excluding hydrogens is 249 g/mol. The highest BCUT2D eigenvalue weighted by Crippen LogP contribution is 2.38. The van der Waals surface area contributed by atoms with Crippen molar-refractivity contribution in [3.05, 3.63) is 33.6 Å². The van der Waals surface area contributed by atoms with Gasteiger partial charge in [0, 0.05) is 0 Å². The maximum Gasteiger partial charge on any atom is 0.364 e. The van der Waals surface area contributed by atoms with Gasteiger partial charge in [0.05, 0.1) is 16.6 Å². The van der Waals surface area contributed by atoms with Crippen LogP contribution in [-0.2, 0) is 4.79 Å². The summed E-state index contributed by atoms with van der Waals surface area (Å²) in [5.74, 6) is -2.95. The van der Waals surface area contributed by atoms with E-state index in [1.807, 2.05) is 0 Å². The SMILES string of the molecule is O=C(O)C(F)=Cc1cc2c(cc1[N+](=O)[O-])OCO2. The van der Waals surface area contributed by atoms with Crippen LogP contribution in [0, 0.1) is 10.1 Å². The minimum atomic E-state index is -1.80. The Balaban J connectivity index is 2.55. The molecule has 2 rings (SSSR count). The number of carboxylic acids is 1. The Morgan fingerprint density at radius 3 is 2.61 bits per heavy atom. The molecule has 0 aliphatic carbocycles. The van der Waals surface area contributed by atoms with E-state index < -0.39 is 22.4 Å². The topological polar surface area (TPSA) is 98.9 Å². The van der Waals surface area contributed by atoms with E-state index in [9.17, 15) is 19.3 Å². The lowest BCUT2D eigenvalue weighted by atomic mass is 10.1. The van der Waals surface area contributed by atoms with Gasteiger partial charge in [-0.1, -0.05) is 0 Å². The molecular formula is C10H6FNO6. The maximum atomic E-state index is 13.0. The van der Waals surface area contributed by atoms with Crippen LogP contribution in [0.15, 0.2) is 18.0 Å². The molecule has 1 aliphatic rings. The number of carbonyl (C=O) groups is 1. The number of nitro benzene ring substituents is 1. The highest BCUT2D eigenvalue weighted by molar-refractivity contribution is 5.90. The summed E-state index contributed by atoms with van der Waals surface area (Å²) in [6.45, 7) is -0.0962. The van der Waals surface area contributed by atoms with Crippen molar-refractivity contribution in [3.63, 3.8) is 0 Å². The summed E-state index contributed by atoms with van der Waals surface area (Å²) in [4.78, 5) is 20.4. The molecule has 18 heavy (non-hydrogen) atoms. The molecule has 0 radical (unpaired) electrons. The summed E-state index contributed by atoms with van der Waals surface area (Å²) < 4.78 is 22.9. The van der Waals surface area contributed by atoms with Crippen molar-refractivity contribution >= 4 is 17.7 Å². The molecule has 1 N–H and O–H groups in total. The molecule has 8 heteroatoms. The van der Waals surface area contributed by atoms with Crippen LogP contribution >= 0.6 is 0 Å². The van der Waals surface area contributed by atoms with Crippen LogP contribution in [0.25, 0.3) is 6.08 Å². The maximum absolute atomic E-state index is 13.0. The van der Waals surface area contributed by atoms with Crippen molar-refractivity contribution in [1.29, 1.82) is 0 Å². The van der Waals surface area contributed by atoms with Gasteiger partial charge in [-0.15, -0.1) is 0 Å². The molecule has 0 amide bonds. The van der Waals surface area contributed by atoms with E-state index in [-0.39, 0.29) is 23.9 Å². The van der Waals surface area contributed by atoms with Crippen LogP contribution in [-0.4, -0.2) is 22.8 Å². The largest absolute Gasteiger partial charge is 0.476 e. The van der Waals surface area contributed by atoms with E-state index in [4.69, 9.17) is 14.6 Å². The lowest BCUT2D eigenvalue weighted by Gasteiger charge is -2.00. The van der Waals surface area contributed by atoms with Crippen molar-refractivity contribution in [2.24, 2.45) is 0 Å². The molecule has 0 spiro atoms. The summed E-state index contributed by atoms with van der Waals surface area (Å²) in [5, 5.41) is 19.2. The molecule has 1 aromatic carbocycles. The molecule has 0 bridgehead atoms. The molecule has 7 nitrogen and oxygen atoms in total. The highest BCUT2D eigenvalue weighted by Gasteiger charge is 2.23. The number of rotatable bonds is 3. The number of benzene rings is 1. The van der Waals surface area contributed by atoms with Gasteiger partial charge >= 0.3 is 5.97 Å². The second kappa shape index (κ2) is 4.32. The van der Waals surface area contributed by atoms with Gasteiger partial charge in [-0.3, -0.25) is 10.1 Å². The summed E-state index contributed by atoms with van der Waals surface area (Å²) in [6.07, 6.45) is 0.558. The molecule has 1 heterocycles. The average Bonchev–Trinajstić information content (AvgIpc) is 2.74. The van der Waals surface area contributed by atoms with Crippen LogP contribution in [0.2, 0.25) is 0 Å². The number of hydrogen-bond donors (Lipinski definition) is 1. The zero-order chi connectivity index (χ0) is 13.3. The first-order valence-electron chi connectivity index (χ1n) is 4.67. The second-order valence-corrected chi connectivity index (χ2v) is 3.32. The Bertz CT molecular complexity index is 568. The Labute approximate surface area is 99.2 Å². The average molecular weight is 255 g/mol. The van der Waals surface area contributed by atoms with Gasteiger partial charge in [0.1, 0.15) is 0 Å². The minimum Gasteiger partial charge on any atom is -0.476 e. The molecule has 0 atom stereocenters. The lowest BCUT2D eigenvalue weighted by Crippen LogP contribution is -1.96. The molecule has 0 unspecified atom stereocenters. The third-order valence-corrected chi connectivity index (χ3v) is 2.21. The van der Waals surface area contributed by atoms with Crippen molar-refractivity contribution in [2.75, 3.05) is 6.79 Å². The van der Waals surface area contributed by atoms with Crippen LogP contribution in [0.1, 0.15) is 5.56 Å². The molecule has 0 aromatic heterocycles. The fourth-order valence-electron chi connectivity index (χ4n) is 1.42. The molecule has 0 saturated heterocycles. The van der Waals surface area contributed by atoms with E-state index >= 15 is 0 Å². The first-order valence-corrected chi connectivity index (χ1v) is 4.67. The molecule has 0 saturated carbocycles. The number of hydrogen-bond acceptors (Lipinski definition) is 5. The summed E-state index contributed by atoms with van der Waals surface area (Å²) in [5.41, 5.74) is -0.667. The van der Waals surface area contributed by atoms with Crippen molar-refractivity contribution < 1.29 is 28.7 Å². The Kier molecular flexibility index (Phi) is 2.84. The fourth-order valence-corrected chi connectivity index (χ4v) is 1.42. The number of nitro groups is 1. The molecule has 0 fully saturated rings. The summed E-state index contributed by atoms with van der Waals surface area (Å²) in [7, 11) is 0. The normalized spacial score (nSPS) is 13.5. The van der Waals surface area contributed by atoms with Crippen LogP contribution in [0.3, 0.4) is 0 Å². The first-order chi connectivity index (χ1) is 8.49. The quantitative estimate of drug-likeness (QED) is 0.501. The Hall–Kier alpha value is -2.64. The van der Waals surface area contributed by atoms with Gasteiger partial charge in [0.15, 0.2) is 11.5 Å². The number of carboxylic acid groups (broad SMARTS) is 1. The number of aliphatic carboxylic acids is 1. The van der Waals surface area contributed by atoms with Gasteiger partial charge < -0.3 is 14.6 Å². The monoisotopic (exact) mass is 255 g/mol. The van der Waals surface area contributed by atoms with E-state index in [2.05, 4.69) is 0 Å². The smallest absolute Gasteiger partial charge is 0.364 e. The lowest BCUT2D eigenvalue weighted by molar-refractivity contribution is -0.385. The Morgan fingerprint density at radius 1 is 1.44 bits per heavy atom. The predicted octanol–water partition coefficient (Wildman–Crippen LogP) is 1.72. The van der Waals surface area contributed by atoms with Gasteiger partial charge in [-0.2, -0.15) is 4.39 Å². The van der Waals surface area contributed by atoms with Crippen LogP contribution < -0.4 is 9.47 Å². The summed E-state index contributed by atoms with van der Waals surface area (Å²) in [6, 6.07) is 2.21. The van der Waals surface area contributed by atoms with Gasteiger partial charge in [-0.25, -0.2) is 4.79 Å². The predicted molar refractivity (Wildman–Crippen MR) is 55.9 cm³/mol. The Morgan fingerprint density at radius 2 is 2.06 bits per heavy atom. The zero-order valence-corrected chi connectivity index (χ0v) is 8.75. The van der Waals surface area contributed by atoms with E-state index in [1.54, 1.807) is 0 Å². The third kappa shape index (κ3) is 2.08. The van der Waals surface area contributed by atoms with E-state index in [0.29, 0.717) is 6.08 Å². The number of halogens is 1. The zero-order valence-electron chi connectivity index (χ0n) is 8.75. The highest BCUT2D eigenvalue weighted by atomic mass is 19.1. The number of fused-ring (bicyclic) bond motifs is 1. The second-order valence-electron chi connectivity index (χ2n) is 3.32. The molecule has 1 aromatic rings. The van der Waals surface area contributed by atoms with Gasteiger partial charge in [0.2, 0.25) is 12.6 Å². The van der Waals surface area contributed by atoms with Crippen molar-refractivity contribution in [2.45, 2.75) is 0 Å². The number of ether oxygens (including phenoxy) is 2. The molecule has 94 valence electrons. The van der Waals surface area contributed by atoms with Crippen LogP contribution in [0.4, 0.5) is 10.1 Å². The van der Waals surface area contributed by atoms with Gasteiger partial charge in [-0.05, 0) is 12.1 Å².